The first-order valence-corrected chi connectivity index (χ1v) is 9.26. The van der Waals surface area contributed by atoms with E-state index < -0.39 is 36.1 Å². The lowest BCUT2D eigenvalue weighted by molar-refractivity contribution is -0.226. The molecule has 1 aliphatic carbocycles. The molecule has 1 aliphatic heterocycles. The molecule has 2 aromatic carbocycles. The van der Waals surface area contributed by atoms with Crippen LogP contribution in [0.15, 0.2) is 30.3 Å². The van der Waals surface area contributed by atoms with E-state index in [1.165, 1.54) is 30.3 Å². The Labute approximate surface area is 166 Å². The summed E-state index contributed by atoms with van der Waals surface area (Å²) in [7, 11) is 0. The Morgan fingerprint density at radius 2 is 1.83 bits per heavy atom. The van der Waals surface area contributed by atoms with E-state index in [0.717, 1.165) is 0 Å². The summed E-state index contributed by atoms with van der Waals surface area (Å²) in [6.45, 7) is 1.71. The molecule has 4 rings (SSSR count). The second-order valence-corrected chi connectivity index (χ2v) is 7.37. The van der Waals surface area contributed by atoms with Crippen LogP contribution in [0.4, 0.5) is 0 Å². The molecular formula is C21H21NO7. The molecule has 4 atom stereocenters. The number of aromatic hydroxyl groups is 2. The van der Waals surface area contributed by atoms with Crippen LogP contribution in [0.25, 0.3) is 0 Å². The molecule has 29 heavy (non-hydrogen) atoms. The van der Waals surface area contributed by atoms with Crippen molar-refractivity contribution in [1.29, 1.82) is 0 Å². The molecule has 2 aromatic rings. The number of ketones is 2. The van der Waals surface area contributed by atoms with Gasteiger partial charge in [0, 0.05) is 23.6 Å². The summed E-state index contributed by atoms with van der Waals surface area (Å²) >= 11 is 0. The third kappa shape index (κ3) is 3.30. The van der Waals surface area contributed by atoms with Crippen molar-refractivity contribution in [2.45, 2.75) is 44.5 Å². The van der Waals surface area contributed by atoms with Gasteiger partial charge in [-0.1, -0.05) is 12.1 Å². The second kappa shape index (κ2) is 7.23. The molecular weight excluding hydrogens is 378 g/mol. The SMILES string of the molecule is CC1O[C@H](OCc2cc(O)c3c(c2)C(=O)c2cccc(O)c2C3=O)C[C@@H](N)[C@H]1O. The topological polar surface area (TPSA) is 139 Å². The molecule has 1 unspecified atom stereocenters. The van der Waals surface area contributed by atoms with Crippen LogP contribution in [0.1, 0.15) is 50.8 Å². The van der Waals surface area contributed by atoms with Gasteiger partial charge in [0.25, 0.3) is 0 Å². The Kier molecular flexibility index (Phi) is 4.87. The Hall–Kier alpha value is -2.78. The number of rotatable bonds is 3. The van der Waals surface area contributed by atoms with Crippen LogP contribution in [0.5, 0.6) is 11.5 Å². The van der Waals surface area contributed by atoms with E-state index in [4.69, 9.17) is 15.2 Å². The molecule has 0 bridgehead atoms. The van der Waals surface area contributed by atoms with Crippen LogP contribution in [0, 0.1) is 0 Å². The van der Waals surface area contributed by atoms with E-state index in [0.29, 0.717) is 12.0 Å². The van der Waals surface area contributed by atoms with Gasteiger partial charge in [0.2, 0.25) is 5.78 Å². The molecule has 5 N–H and O–H groups in total. The highest BCUT2D eigenvalue weighted by Crippen LogP contribution is 2.37. The van der Waals surface area contributed by atoms with Gasteiger partial charge >= 0.3 is 0 Å². The molecule has 0 aromatic heterocycles. The number of carbonyl (C=O) groups excluding carboxylic acids is 2. The van der Waals surface area contributed by atoms with E-state index in [1.807, 2.05) is 0 Å². The van der Waals surface area contributed by atoms with Gasteiger partial charge in [-0.25, -0.2) is 0 Å². The van der Waals surface area contributed by atoms with E-state index in [1.54, 1.807) is 6.92 Å². The molecule has 8 heteroatoms. The zero-order valence-electron chi connectivity index (χ0n) is 15.7. The number of carbonyl (C=O) groups is 2. The van der Waals surface area contributed by atoms with Crippen molar-refractivity contribution in [3.63, 3.8) is 0 Å². The maximum atomic E-state index is 12.9. The lowest BCUT2D eigenvalue weighted by Crippen LogP contribution is -2.51. The lowest BCUT2D eigenvalue weighted by Gasteiger charge is -2.35. The summed E-state index contributed by atoms with van der Waals surface area (Å²) < 4.78 is 11.3. The van der Waals surface area contributed by atoms with Crippen molar-refractivity contribution in [3.8, 4) is 11.5 Å². The van der Waals surface area contributed by atoms with Crippen LogP contribution in [0.3, 0.4) is 0 Å². The number of hydrogen-bond acceptors (Lipinski definition) is 8. The van der Waals surface area contributed by atoms with Crippen LogP contribution >= 0.6 is 0 Å². The molecule has 1 heterocycles. The molecule has 1 fully saturated rings. The minimum absolute atomic E-state index is 0.00933. The monoisotopic (exact) mass is 399 g/mol. The molecule has 8 nitrogen and oxygen atoms in total. The van der Waals surface area contributed by atoms with Gasteiger partial charge < -0.3 is 30.5 Å². The van der Waals surface area contributed by atoms with Gasteiger partial charge in [-0.2, -0.15) is 0 Å². The minimum atomic E-state index is -0.775. The van der Waals surface area contributed by atoms with Crippen molar-refractivity contribution in [2.24, 2.45) is 5.73 Å². The van der Waals surface area contributed by atoms with Gasteiger partial charge in [-0.15, -0.1) is 0 Å². The standard InChI is InChI=1S/C21H21NO7/c1-9-19(25)13(22)7-16(29-9)28-8-10-5-12-18(15(24)6-10)21(27)17-11(20(12)26)3-2-4-14(17)23/h2-6,9,13,16,19,23-25H,7-8,22H2,1H3/t9?,13-,16+,19+/m1/s1. The first kappa shape index (κ1) is 19.5. The van der Waals surface area contributed by atoms with Gasteiger partial charge in [-0.05, 0) is 30.7 Å². The predicted octanol–water partition coefficient (Wildman–Crippen LogP) is 1.21. The van der Waals surface area contributed by atoms with Crippen LogP contribution in [0.2, 0.25) is 0 Å². The van der Waals surface area contributed by atoms with Crippen molar-refractivity contribution >= 4 is 11.6 Å². The van der Waals surface area contributed by atoms with Gasteiger partial charge in [0.05, 0.1) is 29.9 Å². The van der Waals surface area contributed by atoms with E-state index >= 15 is 0 Å². The summed E-state index contributed by atoms with van der Waals surface area (Å²) in [4.78, 5) is 25.6. The number of benzene rings is 2. The number of hydrogen-bond donors (Lipinski definition) is 4. The Bertz CT molecular complexity index is 991. The fourth-order valence-corrected chi connectivity index (χ4v) is 3.81. The molecule has 2 aliphatic rings. The fourth-order valence-electron chi connectivity index (χ4n) is 3.81. The van der Waals surface area contributed by atoms with Gasteiger partial charge in [0.15, 0.2) is 12.1 Å². The van der Waals surface area contributed by atoms with Gasteiger partial charge in [-0.3, -0.25) is 9.59 Å². The summed E-state index contributed by atoms with van der Waals surface area (Å²) in [6, 6.07) is 6.61. The zero-order valence-corrected chi connectivity index (χ0v) is 15.7. The molecule has 152 valence electrons. The van der Waals surface area contributed by atoms with E-state index in [-0.39, 0.29) is 40.4 Å². The highest BCUT2D eigenvalue weighted by Gasteiger charge is 2.35. The number of phenolic OH excluding ortho intramolecular Hbond substituents is 2. The van der Waals surface area contributed by atoms with Crippen LogP contribution < -0.4 is 5.73 Å². The maximum absolute atomic E-state index is 12.9. The summed E-state index contributed by atoms with van der Waals surface area (Å²) in [5.41, 5.74) is 6.25. The number of nitrogens with two attached hydrogens (primary N) is 1. The lowest BCUT2D eigenvalue weighted by atomic mass is 9.82. The van der Waals surface area contributed by atoms with Crippen molar-refractivity contribution in [1.82, 2.24) is 0 Å². The summed E-state index contributed by atoms with van der Waals surface area (Å²) in [5.74, 6) is -1.74. The third-order valence-corrected chi connectivity index (χ3v) is 5.35. The average Bonchev–Trinajstić information content (AvgIpc) is 2.68. The molecule has 0 saturated carbocycles. The first-order chi connectivity index (χ1) is 13.8. The number of aliphatic hydroxyl groups is 1. The normalized spacial score (nSPS) is 26.2. The van der Waals surface area contributed by atoms with E-state index in [2.05, 4.69) is 0 Å². The second-order valence-electron chi connectivity index (χ2n) is 7.37. The fraction of sp³-hybridized carbons (Fsp3) is 0.333. The van der Waals surface area contributed by atoms with Crippen LogP contribution in [-0.4, -0.2) is 51.4 Å². The largest absolute Gasteiger partial charge is 0.507 e. The zero-order chi connectivity index (χ0) is 20.9. The van der Waals surface area contributed by atoms with Gasteiger partial charge in [0.1, 0.15) is 11.5 Å². The maximum Gasteiger partial charge on any atom is 0.201 e. The van der Waals surface area contributed by atoms with Crippen LogP contribution in [-0.2, 0) is 16.1 Å². The Morgan fingerprint density at radius 3 is 2.55 bits per heavy atom. The number of ether oxygens (including phenoxy) is 2. The predicted molar refractivity (Wildman–Crippen MR) is 101 cm³/mol. The molecule has 1 saturated heterocycles. The number of phenols is 2. The summed E-state index contributed by atoms with van der Waals surface area (Å²) in [6.07, 6.45) is -1.60. The molecule has 0 amide bonds. The van der Waals surface area contributed by atoms with Crippen molar-refractivity contribution < 1.29 is 34.4 Å². The van der Waals surface area contributed by atoms with Crippen molar-refractivity contribution in [3.05, 3.63) is 58.1 Å². The number of aliphatic hydroxyl groups excluding tert-OH is 1. The first-order valence-electron chi connectivity index (χ1n) is 9.26. The molecule has 0 spiro atoms. The smallest absolute Gasteiger partial charge is 0.201 e. The highest BCUT2D eigenvalue weighted by molar-refractivity contribution is 6.30. The average molecular weight is 399 g/mol. The number of fused-ring (bicyclic) bond motifs is 2. The third-order valence-electron chi connectivity index (χ3n) is 5.35. The Morgan fingerprint density at radius 1 is 1.10 bits per heavy atom. The quantitative estimate of drug-likeness (QED) is 0.515. The van der Waals surface area contributed by atoms with Crippen molar-refractivity contribution in [2.75, 3.05) is 0 Å². The molecule has 0 radical (unpaired) electrons. The minimum Gasteiger partial charge on any atom is -0.507 e. The highest BCUT2D eigenvalue weighted by atomic mass is 16.7. The van der Waals surface area contributed by atoms with E-state index in [9.17, 15) is 24.9 Å². The Balaban J connectivity index is 1.60. The summed E-state index contributed by atoms with van der Waals surface area (Å²) in [5, 5.41) is 30.2.